The second-order valence-corrected chi connectivity index (χ2v) is 5.94. The minimum Gasteiger partial charge on any atom is -0.469 e. The molecule has 0 radical (unpaired) electrons. The summed E-state index contributed by atoms with van der Waals surface area (Å²) in [6.45, 7) is 1.04. The van der Waals surface area contributed by atoms with E-state index in [1.165, 1.54) is 24.9 Å². The molecule has 0 spiro atoms. The standard InChI is InChI=1S/C15H18FNO3S/c1-20-15(19)11-5-4-8-17(9-11)14(18)10-21-13-7-3-2-6-12(13)16/h2-3,6-7,11H,4-5,8-10H2,1H3/t11-/m0/s1. The number of benzene rings is 1. The molecule has 0 bridgehead atoms. The molecule has 1 amide bonds. The topological polar surface area (TPSA) is 46.6 Å². The van der Waals surface area contributed by atoms with Gasteiger partial charge >= 0.3 is 5.97 Å². The van der Waals surface area contributed by atoms with Gasteiger partial charge in [-0.25, -0.2) is 4.39 Å². The number of amides is 1. The fraction of sp³-hybridized carbons (Fsp3) is 0.467. The molecule has 1 atom stereocenters. The number of thioether (sulfide) groups is 1. The van der Waals surface area contributed by atoms with Crippen molar-refractivity contribution >= 4 is 23.6 Å². The molecule has 1 aromatic rings. The Kier molecular flexibility index (Phi) is 5.61. The Hall–Kier alpha value is -1.56. The number of nitrogens with zero attached hydrogens (tertiary/aromatic N) is 1. The van der Waals surface area contributed by atoms with Gasteiger partial charge in [-0.1, -0.05) is 12.1 Å². The van der Waals surface area contributed by atoms with E-state index in [0.29, 0.717) is 18.0 Å². The van der Waals surface area contributed by atoms with Gasteiger partial charge in [-0.3, -0.25) is 9.59 Å². The van der Waals surface area contributed by atoms with Crippen LogP contribution in [0.3, 0.4) is 0 Å². The molecule has 1 aromatic carbocycles. The van der Waals surface area contributed by atoms with E-state index in [1.54, 1.807) is 23.1 Å². The number of ether oxygens (including phenoxy) is 1. The first-order valence-electron chi connectivity index (χ1n) is 6.84. The summed E-state index contributed by atoms with van der Waals surface area (Å²) >= 11 is 1.18. The number of hydrogen-bond donors (Lipinski definition) is 0. The van der Waals surface area contributed by atoms with Crippen LogP contribution in [0.4, 0.5) is 4.39 Å². The summed E-state index contributed by atoms with van der Waals surface area (Å²) in [5, 5.41) is 0. The van der Waals surface area contributed by atoms with Crippen molar-refractivity contribution < 1.29 is 18.7 Å². The predicted octanol–water partition coefficient (Wildman–Crippen LogP) is 2.33. The van der Waals surface area contributed by atoms with Crippen LogP contribution in [0.1, 0.15) is 12.8 Å². The molecule has 0 unspecified atom stereocenters. The van der Waals surface area contributed by atoms with Crippen LogP contribution in [0, 0.1) is 11.7 Å². The first kappa shape index (κ1) is 15.8. The van der Waals surface area contributed by atoms with E-state index in [2.05, 4.69) is 0 Å². The zero-order valence-electron chi connectivity index (χ0n) is 11.9. The summed E-state index contributed by atoms with van der Waals surface area (Å²) in [7, 11) is 1.36. The normalized spacial score (nSPS) is 18.4. The molecular weight excluding hydrogens is 293 g/mol. The van der Waals surface area contributed by atoms with Gasteiger partial charge < -0.3 is 9.64 Å². The molecule has 21 heavy (non-hydrogen) atoms. The first-order chi connectivity index (χ1) is 10.1. The highest BCUT2D eigenvalue weighted by Crippen LogP contribution is 2.23. The lowest BCUT2D eigenvalue weighted by Gasteiger charge is -2.31. The average Bonchev–Trinajstić information content (AvgIpc) is 2.53. The van der Waals surface area contributed by atoms with Gasteiger partial charge in [0.15, 0.2) is 0 Å². The number of esters is 1. The SMILES string of the molecule is COC(=O)[C@H]1CCCN(C(=O)CSc2ccccc2F)C1. The lowest BCUT2D eigenvalue weighted by atomic mass is 9.98. The van der Waals surface area contributed by atoms with Crippen molar-refractivity contribution in [3.05, 3.63) is 30.1 Å². The molecule has 1 aliphatic rings. The van der Waals surface area contributed by atoms with Gasteiger partial charge in [-0.2, -0.15) is 0 Å². The Morgan fingerprint density at radius 1 is 1.43 bits per heavy atom. The van der Waals surface area contributed by atoms with Crippen molar-refractivity contribution in [2.24, 2.45) is 5.92 Å². The zero-order chi connectivity index (χ0) is 15.2. The van der Waals surface area contributed by atoms with Gasteiger partial charge in [0.2, 0.25) is 5.91 Å². The number of rotatable bonds is 4. The van der Waals surface area contributed by atoms with E-state index in [4.69, 9.17) is 4.74 Å². The third kappa shape index (κ3) is 4.20. The quantitative estimate of drug-likeness (QED) is 0.632. The van der Waals surface area contributed by atoms with Crippen LogP contribution in [0.25, 0.3) is 0 Å². The highest BCUT2D eigenvalue weighted by atomic mass is 32.2. The van der Waals surface area contributed by atoms with Crippen molar-refractivity contribution in [1.82, 2.24) is 4.90 Å². The van der Waals surface area contributed by atoms with Gasteiger partial charge in [-0.05, 0) is 25.0 Å². The molecule has 0 aliphatic carbocycles. The monoisotopic (exact) mass is 311 g/mol. The third-order valence-corrected chi connectivity index (χ3v) is 4.53. The fourth-order valence-electron chi connectivity index (χ4n) is 2.36. The summed E-state index contributed by atoms with van der Waals surface area (Å²) in [5.41, 5.74) is 0. The van der Waals surface area contributed by atoms with Crippen LogP contribution in [0.5, 0.6) is 0 Å². The molecule has 1 saturated heterocycles. The Morgan fingerprint density at radius 3 is 2.90 bits per heavy atom. The highest BCUT2D eigenvalue weighted by Gasteiger charge is 2.28. The van der Waals surface area contributed by atoms with Gasteiger partial charge in [-0.15, -0.1) is 11.8 Å². The van der Waals surface area contributed by atoms with Crippen LogP contribution < -0.4 is 0 Å². The second kappa shape index (κ2) is 7.45. The van der Waals surface area contributed by atoms with Crippen LogP contribution in [0.2, 0.25) is 0 Å². The van der Waals surface area contributed by atoms with E-state index in [-0.39, 0.29) is 29.4 Å². The number of piperidine rings is 1. The van der Waals surface area contributed by atoms with Gasteiger partial charge in [0.05, 0.1) is 18.8 Å². The summed E-state index contributed by atoms with van der Waals surface area (Å²) in [6.07, 6.45) is 1.53. The summed E-state index contributed by atoms with van der Waals surface area (Å²) in [6, 6.07) is 6.39. The minimum atomic E-state index is -0.318. The number of hydrogen-bond acceptors (Lipinski definition) is 4. The number of carbonyl (C=O) groups excluding carboxylic acids is 2. The zero-order valence-corrected chi connectivity index (χ0v) is 12.7. The van der Waals surface area contributed by atoms with Gasteiger partial charge in [0.1, 0.15) is 5.82 Å². The highest BCUT2D eigenvalue weighted by molar-refractivity contribution is 8.00. The van der Waals surface area contributed by atoms with Crippen molar-refractivity contribution in [3.63, 3.8) is 0 Å². The number of methoxy groups -OCH3 is 1. The average molecular weight is 311 g/mol. The lowest BCUT2D eigenvalue weighted by Crippen LogP contribution is -2.43. The number of carbonyl (C=O) groups is 2. The van der Waals surface area contributed by atoms with Crippen LogP contribution in [-0.2, 0) is 14.3 Å². The Balaban J connectivity index is 1.88. The maximum Gasteiger partial charge on any atom is 0.310 e. The second-order valence-electron chi connectivity index (χ2n) is 4.92. The maximum absolute atomic E-state index is 13.5. The Morgan fingerprint density at radius 2 is 2.19 bits per heavy atom. The lowest BCUT2D eigenvalue weighted by molar-refractivity contribution is -0.148. The molecule has 0 saturated carbocycles. The molecule has 2 rings (SSSR count). The third-order valence-electron chi connectivity index (χ3n) is 3.50. The van der Waals surface area contributed by atoms with E-state index < -0.39 is 0 Å². The van der Waals surface area contributed by atoms with Crippen molar-refractivity contribution in [2.75, 3.05) is 26.0 Å². The van der Waals surface area contributed by atoms with Gasteiger partial charge in [0.25, 0.3) is 0 Å². The van der Waals surface area contributed by atoms with Crippen LogP contribution in [0.15, 0.2) is 29.2 Å². The first-order valence-corrected chi connectivity index (χ1v) is 7.83. The molecule has 1 aliphatic heterocycles. The van der Waals surface area contributed by atoms with Crippen LogP contribution >= 0.6 is 11.8 Å². The fourth-order valence-corrected chi connectivity index (χ4v) is 3.20. The molecule has 1 fully saturated rings. The van der Waals surface area contributed by atoms with Crippen LogP contribution in [-0.4, -0.2) is 42.7 Å². The molecular formula is C15H18FNO3S. The number of halogens is 1. The minimum absolute atomic E-state index is 0.0724. The van der Waals surface area contributed by atoms with E-state index in [9.17, 15) is 14.0 Å². The predicted molar refractivity (Wildman–Crippen MR) is 78.4 cm³/mol. The summed E-state index contributed by atoms with van der Waals surface area (Å²) in [5.74, 6) is -0.729. The van der Waals surface area contributed by atoms with E-state index in [1.807, 2.05) is 0 Å². The molecule has 6 heteroatoms. The molecule has 4 nitrogen and oxygen atoms in total. The Bertz CT molecular complexity index is 523. The molecule has 0 aromatic heterocycles. The molecule has 0 N–H and O–H groups in total. The maximum atomic E-state index is 13.5. The summed E-state index contributed by atoms with van der Waals surface area (Å²) in [4.78, 5) is 25.8. The van der Waals surface area contributed by atoms with Crippen molar-refractivity contribution in [1.29, 1.82) is 0 Å². The summed E-state index contributed by atoms with van der Waals surface area (Å²) < 4.78 is 18.2. The van der Waals surface area contributed by atoms with Crippen molar-refractivity contribution in [3.8, 4) is 0 Å². The largest absolute Gasteiger partial charge is 0.469 e. The van der Waals surface area contributed by atoms with Gasteiger partial charge in [0, 0.05) is 18.0 Å². The van der Waals surface area contributed by atoms with E-state index >= 15 is 0 Å². The van der Waals surface area contributed by atoms with E-state index in [0.717, 1.165) is 12.8 Å². The smallest absolute Gasteiger partial charge is 0.310 e. The molecule has 1 heterocycles. The van der Waals surface area contributed by atoms with Crippen molar-refractivity contribution in [2.45, 2.75) is 17.7 Å². The Labute approximate surface area is 127 Å². The molecule has 114 valence electrons. The number of likely N-dealkylation sites (tertiary alicyclic amines) is 1.